The first-order valence-corrected chi connectivity index (χ1v) is 12.6. The lowest BCUT2D eigenvalue weighted by Gasteiger charge is -2.23. The SMILES string of the molecule is CC(=O)O.COCCC(=O)N(CC(O)c1ccc(OC)cc1)c1ncc(C(=O)NCCCn2ccnc2)s1. The molecule has 0 spiro atoms. The number of nitrogens with one attached hydrogen (secondary N) is 1. The van der Waals surface area contributed by atoms with Crippen molar-refractivity contribution in [3.8, 4) is 5.75 Å². The number of benzene rings is 1. The van der Waals surface area contributed by atoms with E-state index in [-0.39, 0.29) is 31.4 Å². The number of rotatable bonds is 13. The number of thiazole rings is 1. The van der Waals surface area contributed by atoms with Crippen molar-refractivity contribution >= 4 is 34.3 Å². The Morgan fingerprint density at radius 3 is 2.53 bits per heavy atom. The molecule has 206 valence electrons. The molecule has 13 heteroatoms. The standard InChI is InChI=1S/C23H29N5O5S.C2H4O2/c1-32-13-8-21(30)28(15-19(29)17-4-6-18(33-2)7-5-17)23-26-14-20(34-23)22(31)25-9-3-11-27-12-10-24-16-27;1-2(3)4/h4-7,10,12,14,16,19,29H,3,8-9,11,13,15H2,1-2H3,(H,25,31);1H3,(H,3,4). The fourth-order valence-corrected chi connectivity index (χ4v) is 4.04. The summed E-state index contributed by atoms with van der Waals surface area (Å²) in [4.78, 5) is 44.5. The van der Waals surface area contributed by atoms with E-state index in [0.717, 1.165) is 31.2 Å². The normalized spacial score (nSPS) is 11.2. The second-order valence-electron chi connectivity index (χ2n) is 7.97. The number of aryl methyl sites for hydroxylation is 1. The number of aliphatic hydroxyl groups excluding tert-OH is 1. The molecule has 0 saturated heterocycles. The van der Waals surface area contributed by atoms with Crippen molar-refractivity contribution in [3.05, 3.63) is 59.6 Å². The first kappa shape index (κ1) is 30.4. The van der Waals surface area contributed by atoms with E-state index in [0.29, 0.717) is 27.9 Å². The summed E-state index contributed by atoms with van der Waals surface area (Å²) in [5.74, 6) is -0.671. The van der Waals surface area contributed by atoms with Gasteiger partial charge in [-0.3, -0.25) is 19.3 Å². The van der Waals surface area contributed by atoms with Crippen molar-refractivity contribution in [1.29, 1.82) is 0 Å². The molecule has 38 heavy (non-hydrogen) atoms. The molecule has 2 amide bonds. The van der Waals surface area contributed by atoms with E-state index >= 15 is 0 Å². The molecule has 0 aliphatic rings. The van der Waals surface area contributed by atoms with Crippen LogP contribution in [0.25, 0.3) is 0 Å². The van der Waals surface area contributed by atoms with E-state index in [1.165, 1.54) is 18.2 Å². The van der Waals surface area contributed by atoms with E-state index in [2.05, 4.69) is 15.3 Å². The van der Waals surface area contributed by atoms with Crippen molar-refractivity contribution < 1.29 is 34.1 Å². The molecule has 0 bridgehead atoms. The third kappa shape index (κ3) is 10.3. The van der Waals surface area contributed by atoms with Gasteiger partial charge in [-0.1, -0.05) is 23.5 Å². The highest BCUT2D eigenvalue weighted by atomic mass is 32.1. The first-order valence-electron chi connectivity index (χ1n) is 11.8. The van der Waals surface area contributed by atoms with Gasteiger partial charge in [-0.2, -0.15) is 0 Å². The minimum absolute atomic E-state index is 0.00560. The molecule has 1 aromatic carbocycles. The zero-order chi connectivity index (χ0) is 27.9. The maximum absolute atomic E-state index is 12.8. The number of anilines is 1. The van der Waals surface area contributed by atoms with Crippen LogP contribution < -0.4 is 15.0 Å². The fourth-order valence-electron chi connectivity index (χ4n) is 3.18. The summed E-state index contributed by atoms with van der Waals surface area (Å²) in [6, 6.07) is 6.97. The summed E-state index contributed by atoms with van der Waals surface area (Å²) in [5.41, 5.74) is 0.637. The van der Waals surface area contributed by atoms with Crippen molar-refractivity contribution in [3.63, 3.8) is 0 Å². The number of aromatic nitrogens is 3. The maximum atomic E-state index is 12.8. The molecular weight excluding hydrogens is 514 g/mol. The van der Waals surface area contributed by atoms with E-state index in [1.54, 1.807) is 43.9 Å². The minimum Gasteiger partial charge on any atom is -0.497 e. The number of amides is 2. The molecular formula is C25H33N5O7S. The molecule has 0 fully saturated rings. The van der Waals surface area contributed by atoms with Crippen LogP contribution in [0.4, 0.5) is 5.13 Å². The summed E-state index contributed by atoms with van der Waals surface area (Å²) < 4.78 is 12.1. The van der Waals surface area contributed by atoms with E-state index in [9.17, 15) is 14.7 Å². The number of aliphatic hydroxyl groups is 1. The topological polar surface area (TPSA) is 156 Å². The monoisotopic (exact) mass is 547 g/mol. The number of carbonyl (C=O) groups is 3. The Morgan fingerprint density at radius 1 is 1.21 bits per heavy atom. The number of methoxy groups -OCH3 is 2. The Kier molecular flexibility index (Phi) is 12.9. The number of carboxylic acids is 1. The molecule has 12 nitrogen and oxygen atoms in total. The molecule has 1 unspecified atom stereocenters. The molecule has 3 N–H and O–H groups in total. The van der Waals surface area contributed by atoms with Gasteiger partial charge in [-0.05, 0) is 24.1 Å². The smallest absolute Gasteiger partial charge is 0.300 e. The number of carboxylic acid groups (broad SMARTS) is 1. The van der Waals surface area contributed by atoms with Crippen LogP contribution >= 0.6 is 11.3 Å². The summed E-state index contributed by atoms with van der Waals surface area (Å²) in [5, 5.41) is 21.4. The van der Waals surface area contributed by atoms with E-state index < -0.39 is 12.1 Å². The Hall–Kier alpha value is -3.81. The molecule has 0 aliphatic carbocycles. The lowest BCUT2D eigenvalue weighted by Crippen LogP contribution is -2.35. The summed E-state index contributed by atoms with van der Waals surface area (Å²) in [7, 11) is 3.08. The van der Waals surface area contributed by atoms with Crippen LogP contribution in [0.3, 0.4) is 0 Å². The van der Waals surface area contributed by atoms with Gasteiger partial charge in [0.25, 0.3) is 11.9 Å². The minimum atomic E-state index is -0.943. The van der Waals surface area contributed by atoms with Gasteiger partial charge in [0.05, 0.1) is 45.3 Å². The molecule has 0 aliphatic heterocycles. The van der Waals surface area contributed by atoms with Crippen molar-refractivity contribution in [2.45, 2.75) is 32.4 Å². The predicted octanol–water partition coefficient (Wildman–Crippen LogP) is 2.36. The maximum Gasteiger partial charge on any atom is 0.300 e. The number of nitrogens with zero attached hydrogens (tertiary/aromatic N) is 4. The van der Waals surface area contributed by atoms with Crippen LogP contribution in [0.2, 0.25) is 0 Å². The van der Waals surface area contributed by atoms with Gasteiger partial charge in [0.15, 0.2) is 5.13 Å². The number of hydrogen-bond acceptors (Lipinski definition) is 9. The van der Waals surface area contributed by atoms with Gasteiger partial charge in [-0.25, -0.2) is 9.97 Å². The number of ether oxygens (including phenoxy) is 2. The quantitative estimate of drug-likeness (QED) is 0.273. The van der Waals surface area contributed by atoms with Gasteiger partial charge in [0, 0.05) is 39.5 Å². The molecule has 0 saturated carbocycles. The van der Waals surface area contributed by atoms with Crippen molar-refractivity contribution in [1.82, 2.24) is 19.9 Å². The third-order valence-corrected chi connectivity index (χ3v) is 6.08. The van der Waals surface area contributed by atoms with Gasteiger partial charge in [0.1, 0.15) is 10.6 Å². The second-order valence-corrected chi connectivity index (χ2v) is 8.98. The van der Waals surface area contributed by atoms with Crippen molar-refractivity contribution in [2.75, 3.05) is 38.8 Å². The first-order chi connectivity index (χ1) is 18.2. The van der Waals surface area contributed by atoms with Crippen LogP contribution in [-0.2, 0) is 20.9 Å². The van der Waals surface area contributed by atoms with Crippen LogP contribution in [0.5, 0.6) is 5.75 Å². The van der Waals surface area contributed by atoms with Crippen molar-refractivity contribution in [2.24, 2.45) is 0 Å². The Labute approximate surface area is 224 Å². The number of carbonyl (C=O) groups excluding carboxylic acids is 2. The average Bonchev–Trinajstić information content (AvgIpc) is 3.60. The number of aliphatic carboxylic acids is 1. The predicted molar refractivity (Wildman–Crippen MR) is 141 cm³/mol. The number of imidazole rings is 1. The third-order valence-electron chi connectivity index (χ3n) is 5.06. The molecule has 3 aromatic rings. The Balaban J connectivity index is 0.00000118. The zero-order valence-corrected chi connectivity index (χ0v) is 22.4. The number of hydrogen-bond donors (Lipinski definition) is 3. The van der Waals surface area contributed by atoms with Crippen LogP contribution in [-0.4, -0.2) is 76.4 Å². The van der Waals surface area contributed by atoms with E-state index in [4.69, 9.17) is 19.4 Å². The molecule has 2 heterocycles. The summed E-state index contributed by atoms with van der Waals surface area (Å²) >= 11 is 1.10. The highest BCUT2D eigenvalue weighted by molar-refractivity contribution is 7.17. The van der Waals surface area contributed by atoms with Crippen LogP contribution in [0, 0.1) is 0 Å². The lowest BCUT2D eigenvalue weighted by atomic mass is 10.1. The second kappa shape index (κ2) is 16.1. The van der Waals surface area contributed by atoms with Gasteiger partial charge >= 0.3 is 0 Å². The molecule has 3 rings (SSSR count). The van der Waals surface area contributed by atoms with Gasteiger partial charge in [-0.15, -0.1) is 0 Å². The molecule has 1 atom stereocenters. The Bertz CT molecular complexity index is 1130. The van der Waals surface area contributed by atoms with E-state index in [1.807, 2.05) is 10.8 Å². The van der Waals surface area contributed by atoms with Crippen LogP contribution in [0.1, 0.15) is 41.1 Å². The molecule has 0 radical (unpaired) electrons. The Morgan fingerprint density at radius 2 is 1.92 bits per heavy atom. The molecule has 2 aromatic heterocycles. The largest absolute Gasteiger partial charge is 0.497 e. The highest BCUT2D eigenvalue weighted by Crippen LogP contribution is 2.26. The van der Waals surface area contributed by atoms with Gasteiger partial charge < -0.3 is 29.6 Å². The van der Waals surface area contributed by atoms with Crippen LogP contribution in [0.15, 0.2) is 49.2 Å². The summed E-state index contributed by atoms with van der Waals surface area (Å²) in [6.07, 6.45) is 6.69. The lowest BCUT2D eigenvalue weighted by molar-refractivity contribution is -0.134. The average molecular weight is 548 g/mol. The highest BCUT2D eigenvalue weighted by Gasteiger charge is 2.24. The fraction of sp³-hybridized carbons (Fsp3) is 0.400. The zero-order valence-electron chi connectivity index (χ0n) is 21.6. The van der Waals surface area contributed by atoms with Gasteiger partial charge in [0.2, 0.25) is 5.91 Å². The summed E-state index contributed by atoms with van der Waals surface area (Å²) in [6.45, 7) is 2.56.